The lowest BCUT2D eigenvalue weighted by Gasteiger charge is -2.25. The summed E-state index contributed by atoms with van der Waals surface area (Å²) in [6.07, 6.45) is 0. The number of thiazole rings is 1. The number of benzene rings is 1. The van der Waals surface area contributed by atoms with Gasteiger partial charge in [-0.2, -0.15) is 0 Å². The predicted molar refractivity (Wildman–Crippen MR) is 111 cm³/mol. The van der Waals surface area contributed by atoms with Gasteiger partial charge in [-0.15, -0.1) is 11.3 Å². The molecular weight excluding hydrogens is 431 g/mol. The second-order valence-corrected chi connectivity index (χ2v) is 8.47. The molecular formula is C21H16ClFN2O4S. The van der Waals surface area contributed by atoms with Gasteiger partial charge < -0.3 is 9.52 Å². The molecule has 1 amide bonds. The van der Waals surface area contributed by atoms with Gasteiger partial charge in [-0.25, -0.2) is 9.37 Å². The Labute approximate surface area is 180 Å². The van der Waals surface area contributed by atoms with E-state index in [1.807, 2.05) is 0 Å². The lowest BCUT2D eigenvalue weighted by molar-refractivity contribution is -0.117. The Hall–Kier alpha value is -2.97. The third kappa shape index (κ3) is 3.22. The number of halogens is 2. The van der Waals surface area contributed by atoms with Crippen LogP contribution in [0, 0.1) is 26.6 Å². The van der Waals surface area contributed by atoms with Crippen molar-refractivity contribution in [3.63, 3.8) is 0 Å². The van der Waals surface area contributed by atoms with E-state index >= 15 is 0 Å². The molecule has 0 bridgehead atoms. The predicted octanol–water partition coefficient (Wildman–Crippen LogP) is 5.24. The van der Waals surface area contributed by atoms with Crippen molar-refractivity contribution in [2.45, 2.75) is 26.8 Å². The zero-order valence-corrected chi connectivity index (χ0v) is 17.8. The molecule has 30 heavy (non-hydrogen) atoms. The molecule has 0 saturated heterocycles. The van der Waals surface area contributed by atoms with E-state index in [0.717, 1.165) is 6.07 Å². The monoisotopic (exact) mass is 446 g/mol. The SMILES string of the molecule is Cc1ccc(C2C(C(=O)c3sc(C)nc3C)=C(O)C(=O)N2c2ccc(F)c(Cl)c2)o1. The zero-order chi connectivity index (χ0) is 21.7. The fourth-order valence-corrected chi connectivity index (χ4v) is 4.52. The molecule has 9 heteroatoms. The van der Waals surface area contributed by atoms with Crippen LogP contribution in [-0.4, -0.2) is 21.8 Å². The fourth-order valence-electron chi connectivity index (χ4n) is 3.47. The van der Waals surface area contributed by atoms with Crippen molar-refractivity contribution in [2.75, 3.05) is 4.90 Å². The first-order valence-corrected chi connectivity index (χ1v) is 10.1. The molecule has 1 unspecified atom stereocenters. The van der Waals surface area contributed by atoms with E-state index in [-0.39, 0.29) is 22.0 Å². The van der Waals surface area contributed by atoms with Crippen LogP contribution in [0.15, 0.2) is 46.1 Å². The van der Waals surface area contributed by atoms with E-state index in [1.165, 1.54) is 28.4 Å². The number of rotatable bonds is 4. The van der Waals surface area contributed by atoms with Gasteiger partial charge in [-0.05, 0) is 51.1 Å². The summed E-state index contributed by atoms with van der Waals surface area (Å²) in [5.41, 5.74) is 0.603. The molecule has 1 aliphatic heterocycles. The van der Waals surface area contributed by atoms with Gasteiger partial charge in [0.15, 0.2) is 5.76 Å². The van der Waals surface area contributed by atoms with Gasteiger partial charge in [0.1, 0.15) is 23.4 Å². The number of nitrogens with zero attached hydrogens (tertiary/aromatic N) is 2. The number of carbonyl (C=O) groups excluding carboxylic acids is 2. The molecule has 0 aliphatic carbocycles. The van der Waals surface area contributed by atoms with Crippen LogP contribution >= 0.6 is 22.9 Å². The van der Waals surface area contributed by atoms with Crippen LogP contribution in [0.4, 0.5) is 10.1 Å². The Morgan fingerprint density at radius 1 is 1.27 bits per heavy atom. The maximum atomic E-state index is 13.7. The van der Waals surface area contributed by atoms with Crippen molar-refractivity contribution in [2.24, 2.45) is 0 Å². The van der Waals surface area contributed by atoms with Crippen LogP contribution in [-0.2, 0) is 4.79 Å². The van der Waals surface area contributed by atoms with Crippen LogP contribution in [0.2, 0.25) is 5.02 Å². The summed E-state index contributed by atoms with van der Waals surface area (Å²) in [6, 6.07) is 6.01. The minimum atomic E-state index is -1.04. The molecule has 0 radical (unpaired) electrons. The summed E-state index contributed by atoms with van der Waals surface area (Å²) in [7, 11) is 0. The van der Waals surface area contributed by atoms with Crippen LogP contribution < -0.4 is 4.90 Å². The maximum absolute atomic E-state index is 13.7. The summed E-state index contributed by atoms with van der Waals surface area (Å²) in [5.74, 6) is -1.81. The Morgan fingerprint density at radius 2 is 2.00 bits per heavy atom. The first-order valence-electron chi connectivity index (χ1n) is 8.96. The number of amides is 1. The number of aliphatic hydroxyl groups excluding tert-OH is 1. The molecule has 6 nitrogen and oxygen atoms in total. The van der Waals surface area contributed by atoms with Crippen LogP contribution in [0.1, 0.15) is 37.9 Å². The number of aromatic nitrogens is 1. The smallest absolute Gasteiger partial charge is 0.294 e. The number of ketones is 1. The van der Waals surface area contributed by atoms with Gasteiger partial charge in [-0.3, -0.25) is 14.5 Å². The third-order valence-electron chi connectivity index (χ3n) is 4.77. The highest BCUT2D eigenvalue weighted by molar-refractivity contribution is 7.14. The first-order chi connectivity index (χ1) is 14.2. The minimum absolute atomic E-state index is 0.124. The fraction of sp³-hybridized carbons (Fsp3) is 0.190. The average Bonchev–Trinajstić information content (AvgIpc) is 3.34. The number of hydrogen-bond acceptors (Lipinski definition) is 6. The topological polar surface area (TPSA) is 83.6 Å². The molecule has 1 atom stereocenters. The Bertz CT molecular complexity index is 1230. The van der Waals surface area contributed by atoms with Gasteiger partial charge in [0.25, 0.3) is 5.91 Å². The quantitative estimate of drug-likeness (QED) is 0.554. The summed E-state index contributed by atoms with van der Waals surface area (Å²) in [6.45, 7) is 5.18. The summed E-state index contributed by atoms with van der Waals surface area (Å²) >= 11 is 7.09. The zero-order valence-electron chi connectivity index (χ0n) is 16.2. The van der Waals surface area contributed by atoms with Gasteiger partial charge in [-0.1, -0.05) is 11.6 Å². The highest BCUT2D eigenvalue weighted by Crippen LogP contribution is 2.43. The highest BCUT2D eigenvalue weighted by atomic mass is 35.5. The van der Waals surface area contributed by atoms with Crippen LogP contribution in [0.25, 0.3) is 0 Å². The Balaban J connectivity index is 1.89. The van der Waals surface area contributed by atoms with Gasteiger partial charge >= 0.3 is 0 Å². The molecule has 4 rings (SSSR count). The molecule has 1 aromatic carbocycles. The molecule has 3 heterocycles. The van der Waals surface area contributed by atoms with Crippen molar-refractivity contribution < 1.29 is 23.5 Å². The summed E-state index contributed by atoms with van der Waals surface area (Å²) in [5, 5.41) is 11.2. The van der Waals surface area contributed by atoms with Gasteiger partial charge in [0.05, 0.1) is 26.2 Å². The molecule has 3 aromatic rings. The first kappa shape index (κ1) is 20.3. The van der Waals surface area contributed by atoms with Crippen molar-refractivity contribution in [1.82, 2.24) is 4.98 Å². The van der Waals surface area contributed by atoms with E-state index in [0.29, 0.717) is 21.3 Å². The second-order valence-electron chi connectivity index (χ2n) is 6.86. The largest absolute Gasteiger partial charge is 0.503 e. The minimum Gasteiger partial charge on any atom is -0.503 e. The number of furan rings is 1. The molecule has 2 aromatic heterocycles. The number of carbonyl (C=O) groups is 2. The lowest BCUT2D eigenvalue weighted by atomic mass is 9.99. The Morgan fingerprint density at radius 3 is 2.57 bits per heavy atom. The molecule has 0 fully saturated rings. The van der Waals surface area contributed by atoms with Crippen molar-refractivity contribution in [1.29, 1.82) is 0 Å². The van der Waals surface area contributed by atoms with E-state index in [4.69, 9.17) is 16.0 Å². The number of hydrogen-bond donors (Lipinski definition) is 1. The third-order valence-corrected chi connectivity index (χ3v) is 6.14. The number of aliphatic hydroxyl groups is 1. The normalized spacial score (nSPS) is 16.6. The molecule has 1 aliphatic rings. The van der Waals surface area contributed by atoms with Crippen molar-refractivity contribution >= 4 is 40.3 Å². The van der Waals surface area contributed by atoms with Gasteiger partial charge in [0, 0.05) is 5.69 Å². The van der Waals surface area contributed by atoms with E-state index < -0.39 is 29.3 Å². The highest BCUT2D eigenvalue weighted by Gasteiger charge is 2.47. The summed E-state index contributed by atoms with van der Waals surface area (Å²) < 4.78 is 19.4. The van der Waals surface area contributed by atoms with Crippen molar-refractivity contribution in [3.05, 3.63) is 79.6 Å². The standard InChI is InChI=1S/C21H16ClFN2O4S/c1-9-4-7-15(29-9)17-16(18(26)20-10(2)24-11(3)30-20)19(27)21(28)25(17)12-5-6-14(23)13(22)8-12/h4-8,17,27H,1-3H3. The molecule has 0 spiro atoms. The number of Topliss-reactive ketones (excluding diaryl/α,β-unsaturated/α-hetero) is 1. The van der Waals surface area contributed by atoms with E-state index in [1.54, 1.807) is 32.9 Å². The molecule has 0 saturated carbocycles. The van der Waals surface area contributed by atoms with Gasteiger partial charge in [0.2, 0.25) is 5.78 Å². The number of aryl methyl sites for hydroxylation is 3. The molecule has 1 N–H and O–H groups in total. The average molecular weight is 447 g/mol. The summed E-state index contributed by atoms with van der Waals surface area (Å²) in [4.78, 5) is 32.1. The second kappa shape index (κ2) is 7.37. The van der Waals surface area contributed by atoms with E-state index in [9.17, 15) is 19.1 Å². The van der Waals surface area contributed by atoms with Crippen LogP contribution in [0.3, 0.4) is 0 Å². The van der Waals surface area contributed by atoms with Crippen LogP contribution in [0.5, 0.6) is 0 Å². The molecule has 154 valence electrons. The lowest BCUT2D eigenvalue weighted by Crippen LogP contribution is -2.30. The van der Waals surface area contributed by atoms with E-state index in [2.05, 4.69) is 4.98 Å². The van der Waals surface area contributed by atoms with Crippen molar-refractivity contribution in [3.8, 4) is 0 Å². The maximum Gasteiger partial charge on any atom is 0.294 e. The number of anilines is 1. The Kier molecular flexibility index (Phi) is 4.99.